The Balaban J connectivity index is 1.11. The van der Waals surface area contributed by atoms with Crippen LogP contribution in [0.2, 0.25) is 0 Å². The van der Waals surface area contributed by atoms with Crippen molar-refractivity contribution >= 4 is 27.6 Å². The van der Waals surface area contributed by atoms with Crippen molar-refractivity contribution in [2.45, 2.75) is 83.2 Å². The number of hydrogen-bond donors (Lipinski definition) is 2. The van der Waals surface area contributed by atoms with Crippen LogP contribution in [0.15, 0.2) is 47.6 Å². The van der Waals surface area contributed by atoms with Crippen molar-refractivity contribution in [1.82, 2.24) is 24.5 Å². The first-order valence-corrected chi connectivity index (χ1v) is 17.7. The summed E-state index contributed by atoms with van der Waals surface area (Å²) in [6.45, 7) is 10.4. The van der Waals surface area contributed by atoms with Crippen LogP contribution in [0, 0.1) is 22.7 Å². The molecule has 1 aliphatic heterocycles. The Morgan fingerprint density at radius 2 is 1.82 bits per heavy atom. The normalized spacial score (nSPS) is 22.0. The number of nitrogens with one attached hydrogen (secondary N) is 2. The van der Waals surface area contributed by atoms with Gasteiger partial charge in [-0.3, -0.25) is 4.79 Å². The third-order valence-corrected chi connectivity index (χ3v) is 11.7. The van der Waals surface area contributed by atoms with Crippen molar-refractivity contribution < 1.29 is 17.9 Å². The van der Waals surface area contributed by atoms with Crippen LogP contribution in [-0.2, 0) is 10.0 Å². The van der Waals surface area contributed by atoms with E-state index in [-0.39, 0.29) is 16.1 Å². The zero-order valence-corrected chi connectivity index (χ0v) is 27.4. The molecule has 4 fully saturated rings. The third kappa shape index (κ3) is 5.34. The highest BCUT2D eigenvalue weighted by Crippen LogP contribution is 2.93. The number of hydrogen-bond acceptors (Lipinski definition) is 9. The molecule has 4 aliphatic rings. The van der Waals surface area contributed by atoms with Crippen LogP contribution in [-0.4, -0.2) is 59.3 Å². The molecule has 0 bridgehead atoms. The van der Waals surface area contributed by atoms with Gasteiger partial charge in [0.1, 0.15) is 11.6 Å². The SMILES string of the molecule is CCCNc1cccc(S(=O)(=O)NC(=O)c2ccc(-n3ccc(OCCC4C5(CC5)C45CC5)n3)nc2N2C[C@@H](C)CC2(C)C)n1. The quantitative estimate of drug-likeness (QED) is 0.277. The summed E-state index contributed by atoms with van der Waals surface area (Å²) in [6.07, 6.45) is 10.2. The van der Waals surface area contributed by atoms with Crippen LogP contribution in [0.3, 0.4) is 0 Å². The number of pyridine rings is 2. The summed E-state index contributed by atoms with van der Waals surface area (Å²) >= 11 is 0. The minimum Gasteiger partial charge on any atom is -0.477 e. The Bertz CT molecular complexity index is 1710. The van der Waals surface area contributed by atoms with Crippen LogP contribution in [0.5, 0.6) is 5.88 Å². The average Bonchev–Trinajstić information content (AvgIpc) is 3.96. The number of nitrogens with zero attached hydrogens (tertiary/aromatic N) is 5. The molecule has 3 aromatic rings. The first-order valence-electron chi connectivity index (χ1n) is 16.2. The summed E-state index contributed by atoms with van der Waals surface area (Å²) in [5.74, 6) is 2.33. The standard InChI is InChI=1S/C33H43N7O4S/c1-5-17-34-25-7-6-8-28(35-25)45(42,43)38-30(41)23-9-10-26(36-29(23)39-21-22(2)20-31(39,3)4)40-18-11-27(37-40)44-19-12-24-32(13-14-32)33(24)15-16-33/h6-11,18,22,24H,5,12-17,19-21H2,1-4H3,(H,34,35)(H,38,41)/t22-/m0/s1. The summed E-state index contributed by atoms with van der Waals surface area (Å²) in [5.41, 5.74) is 1.20. The second-order valence-electron chi connectivity index (χ2n) is 14.1. The first kappa shape index (κ1) is 30.0. The van der Waals surface area contributed by atoms with Crippen LogP contribution in [0.1, 0.15) is 83.0 Å². The fraction of sp³-hybridized carbons (Fsp3) is 0.576. The molecule has 3 aromatic heterocycles. The number of carbonyl (C=O) groups is 1. The summed E-state index contributed by atoms with van der Waals surface area (Å²) in [6, 6.07) is 9.80. The molecule has 1 atom stereocenters. The molecule has 12 heteroatoms. The molecule has 0 radical (unpaired) electrons. The topological polar surface area (TPSA) is 131 Å². The van der Waals surface area contributed by atoms with Crippen molar-refractivity contribution in [2.24, 2.45) is 22.7 Å². The lowest BCUT2D eigenvalue weighted by atomic mass is 9.97. The molecule has 0 aromatic carbocycles. The zero-order chi connectivity index (χ0) is 31.6. The molecule has 4 heterocycles. The summed E-state index contributed by atoms with van der Waals surface area (Å²) in [4.78, 5) is 24.9. The molecule has 1 amide bonds. The van der Waals surface area contributed by atoms with Gasteiger partial charge in [0.2, 0.25) is 5.88 Å². The van der Waals surface area contributed by atoms with Crippen LogP contribution < -0.4 is 19.7 Å². The van der Waals surface area contributed by atoms with E-state index in [2.05, 4.69) is 45.8 Å². The highest BCUT2D eigenvalue weighted by Gasteiger charge is 2.85. The van der Waals surface area contributed by atoms with Gasteiger partial charge in [0.15, 0.2) is 10.8 Å². The smallest absolute Gasteiger partial charge is 0.281 e. The van der Waals surface area contributed by atoms with Gasteiger partial charge in [-0.2, -0.15) is 8.42 Å². The largest absolute Gasteiger partial charge is 0.477 e. The van der Waals surface area contributed by atoms with E-state index in [0.29, 0.717) is 59.8 Å². The molecule has 2 spiro atoms. The lowest BCUT2D eigenvalue weighted by molar-refractivity contribution is 0.0981. The van der Waals surface area contributed by atoms with E-state index in [1.807, 2.05) is 13.0 Å². The van der Waals surface area contributed by atoms with E-state index in [1.54, 1.807) is 35.1 Å². The minimum atomic E-state index is -4.24. The Kier molecular flexibility index (Phi) is 7.14. The second kappa shape index (κ2) is 10.7. The number of fused-ring (bicyclic) bond motifs is 1. The number of anilines is 2. The predicted molar refractivity (Wildman–Crippen MR) is 171 cm³/mol. The number of rotatable bonds is 12. The van der Waals surface area contributed by atoms with Crippen molar-refractivity contribution in [3.8, 4) is 11.7 Å². The lowest BCUT2D eigenvalue weighted by Gasteiger charge is -2.34. The predicted octanol–water partition coefficient (Wildman–Crippen LogP) is 5.19. The Hall–Kier alpha value is -3.67. The van der Waals surface area contributed by atoms with E-state index >= 15 is 0 Å². The van der Waals surface area contributed by atoms with Crippen molar-refractivity contribution in [3.05, 3.63) is 48.2 Å². The van der Waals surface area contributed by atoms with Crippen LogP contribution >= 0.6 is 0 Å². The van der Waals surface area contributed by atoms with Gasteiger partial charge in [0.25, 0.3) is 15.9 Å². The van der Waals surface area contributed by atoms with Gasteiger partial charge in [0, 0.05) is 30.9 Å². The van der Waals surface area contributed by atoms with E-state index in [9.17, 15) is 13.2 Å². The van der Waals surface area contributed by atoms with Crippen LogP contribution in [0.25, 0.3) is 5.82 Å². The first-order chi connectivity index (χ1) is 21.5. The number of sulfonamides is 1. The third-order valence-electron chi connectivity index (χ3n) is 10.5. The average molecular weight is 634 g/mol. The molecule has 0 unspecified atom stereocenters. The van der Waals surface area contributed by atoms with Crippen molar-refractivity contribution in [3.63, 3.8) is 0 Å². The Labute approximate surface area is 265 Å². The minimum absolute atomic E-state index is 0.167. The monoisotopic (exact) mass is 633 g/mol. The van der Waals surface area contributed by atoms with Gasteiger partial charge in [-0.25, -0.2) is 19.4 Å². The maximum atomic E-state index is 13.6. The van der Waals surface area contributed by atoms with E-state index in [4.69, 9.17) is 9.72 Å². The molecular formula is C33H43N7O4S. The number of carbonyl (C=O) groups excluding carboxylic acids is 1. The molecule has 45 heavy (non-hydrogen) atoms. The molecule has 11 nitrogen and oxygen atoms in total. The van der Waals surface area contributed by atoms with Gasteiger partial charge in [-0.1, -0.05) is 19.9 Å². The highest BCUT2D eigenvalue weighted by molar-refractivity contribution is 7.90. The number of amides is 1. The van der Waals surface area contributed by atoms with Gasteiger partial charge >= 0.3 is 0 Å². The van der Waals surface area contributed by atoms with E-state index < -0.39 is 15.9 Å². The lowest BCUT2D eigenvalue weighted by Crippen LogP contribution is -2.41. The summed E-state index contributed by atoms with van der Waals surface area (Å²) in [7, 11) is -4.24. The highest BCUT2D eigenvalue weighted by atomic mass is 32.2. The number of ether oxygens (including phenoxy) is 1. The summed E-state index contributed by atoms with van der Waals surface area (Å²) < 4.78 is 36.5. The van der Waals surface area contributed by atoms with Gasteiger partial charge in [-0.15, -0.1) is 5.10 Å². The second-order valence-corrected chi connectivity index (χ2v) is 15.7. The van der Waals surface area contributed by atoms with Crippen molar-refractivity contribution in [1.29, 1.82) is 0 Å². The molecule has 3 aliphatic carbocycles. The fourth-order valence-corrected chi connectivity index (χ4v) is 9.14. The molecule has 240 valence electrons. The summed E-state index contributed by atoms with van der Waals surface area (Å²) in [5, 5.41) is 7.48. The van der Waals surface area contributed by atoms with Gasteiger partial charge in [-0.05, 0) is 106 Å². The van der Waals surface area contributed by atoms with Crippen molar-refractivity contribution in [2.75, 3.05) is 29.9 Å². The Morgan fingerprint density at radius 1 is 1.07 bits per heavy atom. The van der Waals surface area contributed by atoms with E-state index in [0.717, 1.165) is 25.2 Å². The zero-order valence-electron chi connectivity index (χ0n) is 26.5. The molecule has 7 rings (SSSR count). The van der Waals surface area contributed by atoms with Crippen LogP contribution in [0.4, 0.5) is 11.6 Å². The molecule has 2 N–H and O–H groups in total. The fourth-order valence-electron chi connectivity index (χ4n) is 8.20. The number of aromatic nitrogens is 4. The maximum Gasteiger partial charge on any atom is 0.281 e. The molecule has 1 saturated heterocycles. The molecular weight excluding hydrogens is 590 g/mol. The Morgan fingerprint density at radius 3 is 2.49 bits per heavy atom. The molecule has 3 saturated carbocycles. The van der Waals surface area contributed by atoms with Gasteiger partial charge in [0.05, 0.1) is 12.2 Å². The maximum absolute atomic E-state index is 13.6. The van der Waals surface area contributed by atoms with Gasteiger partial charge < -0.3 is 15.0 Å². The van der Waals surface area contributed by atoms with E-state index in [1.165, 1.54) is 31.7 Å².